The van der Waals surface area contributed by atoms with Crippen molar-refractivity contribution in [3.05, 3.63) is 78.3 Å². The zero-order valence-electron chi connectivity index (χ0n) is 18.0. The first kappa shape index (κ1) is 23.2. The summed E-state index contributed by atoms with van der Waals surface area (Å²) in [4.78, 5) is 14.6. The summed E-state index contributed by atoms with van der Waals surface area (Å²) in [5.74, 6) is 1.41. The van der Waals surface area contributed by atoms with E-state index < -0.39 is 10.1 Å². The van der Waals surface area contributed by atoms with Gasteiger partial charge in [0.05, 0.1) is 25.2 Å². The highest BCUT2D eigenvalue weighted by Gasteiger charge is 2.17. The third-order valence-corrected chi connectivity index (χ3v) is 5.63. The van der Waals surface area contributed by atoms with Crippen LogP contribution >= 0.6 is 0 Å². The first-order chi connectivity index (χ1) is 15.4. The van der Waals surface area contributed by atoms with Gasteiger partial charge in [0.1, 0.15) is 17.3 Å². The average Bonchev–Trinajstić information content (AvgIpc) is 3.28. The van der Waals surface area contributed by atoms with Gasteiger partial charge in [0.25, 0.3) is 0 Å². The molecule has 3 rings (SSSR count). The van der Waals surface area contributed by atoms with Crippen molar-refractivity contribution in [3.63, 3.8) is 0 Å². The van der Waals surface area contributed by atoms with Gasteiger partial charge >= 0.3 is 16.1 Å². The number of hydrogen-bond donors (Lipinski definition) is 1. The van der Waals surface area contributed by atoms with Crippen molar-refractivity contribution >= 4 is 21.8 Å². The van der Waals surface area contributed by atoms with Gasteiger partial charge in [-0.15, -0.1) is 0 Å². The fourth-order valence-electron chi connectivity index (χ4n) is 2.92. The Hall–Kier alpha value is -3.46. The van der Waals surface area contributed by atoms with Gasteiger partial charge in [0.2, 0.25) is 0 Å². The Morgan fingerprint density at radius 2 is 1.78 bits per heavy atom. The molecule has 2 amide bonds. The van der Waals surface area contributed by atoms with Gasteiger partial charge in [-0.05, 0) is 67.9 Å². The minimum Gasteiger partial charge on any atom is -0.494 e. The molecule has 1 aromatic heterocycles. The summed E-state index contributed by atoms with van der Waals surface area (Å²) in [5, 5.41) is 2.87. The third kappa shape index (κ3) is 6.78. The Morgan fingerprint density at radius 3 is 2.44 bits per heavy atom. The topological polar surface area (TPSA) is 98.1 Å². The number of anilines is 1. The fraction of sp³-hybridized carbons (Fsp3) is 0.261. The first-order valence-corrected chi connectivity index (χ1v) is 11.8. The Labute approximate surface area is 187 Å². The van der Waals surface area contributed by atoms with Crippen LogP contribution in [-0.4, -0.2) is 31.7 Å². The van der Waals surface area contributed by atoms with Gasteiger partial charge in [-0.1, -0.05) is 12.1 Å². The predicted molar refractivity (Wildman–Crippen MR) is 121 cm³/mol. The number of nitrogens with one attached hydrogen (secondary N) is 1. The van der Waals surface area contributed by atoms with E-state index in [1.807, 2.05) is 6.92 Å². The lowest BCUT2D eigenvalue weighted by atomic mass is 10.2. The van der Waals surface area contributed by atoms with E-state index in [0.717, 1.165) is 5.75 Å². The molecule has 8 nitrogen and oxygen atoms in total. The van der Waals surface area contributed by atoms with Crippen LogP contribution in [0.4, 0.5) is 10.5 Å². The van der Waals surface area contributed by atoms with Crippen molar-refractivity contribution in [2.75, 3.05) is 17.7 Å². The zero-order valence-corrected chi connectivity index (χ0v) is 18.8. The molecule has 3 aromatic rings. The van der Waals surface area contributed by atoms with Crippen LogP contribution in [0.1, 0.15) is 25.2 Å². The number of nitrogens with zero attached hydrogens (tertiary/aromatic N) is 1. The molecule has 9 heteroatoms. The Kier molecular flexibility index (Phi) is 7.77. The number of hydrogen-bond acceptors (Lipinski definition) is 6. The van der Waals surface area contributed by atoms with Gasteiger partial charge in [-0.25, -0.2) is 4.79 Å². The molecule has 0 bridgehead atoms. The van der Waals surface area contributed by atoms with Crippen molar-refractivity contribution in [1.82, 2.24) is 4.90 Å². The third-order valence-electron chi connectivity index (χ3n) is 4.48. The van der Waals surface area contributed by atoms with Crippen LogP contribution in [0, 0.1) is 0 Å². The second-order valence-electron chi connectivity index (χ2n) is 6.90. The fourth-order valence-corrected chi connectivity index (χ4v) is 3.43. The Morgan fingerprint density at radius 1 is 1.00 bits per heavy atom. The highest BCUT2D eigenvalue weighted by Crippen LogP contribution is 2.20. The second kappa shape index (κ2) is 10.7. The van der Waals surface area contributed by atoms with Crippen LogP contribution in [-0.2, 0) is 23.2 Å². The van der Waals surface area contributed by atoms with Gasteiger partial charge in [-0.2, -0.15) is 8.42 Å². The zero-order chi connectivity index (χ0) is 23.0. The molecule has 0 fully saturated rings. The summed E-state index contributed by atoms with van der Waals surface area (Å²) in [5.41, 5.74) is 1.33. The lowest BCUT2D eigenvalue weighted by molar-refractivity contribution is 0.201. The van der Waals surface area contributed by atoms with Crippen molar-refractivity contribution in [3.8, 4) is 11.5 Å². The molecule has 1 heterocycles. The normalized spacial score (nSPS) is 11.1. The van der Waals surface area contributed by atoms with E-state index in [0.29, 0.717) is 23.6 Å². The van der Waals surface area contributed by atoms with Crippen LogP contribution in [0.15, 0.2) is 71.3 Å². The Balaban J connectivity index is 1.76. The number of carbonyl (C=O) groups is 1. The molecule has 0 aliphatic carbocycles. The van der Waals surface area contributed by atoms with E-state index in [-0.39, 0.29) is 30.6 Å². The largest absolute Gasteiger partial charge is 0.494 e. The van der Waals surface area contributed by atoms with Crippen LogP contribution in [0.3, 0.4) is 0 Å². The van der Waals surface area contributed by atoms with Crippen molar-refractivity contribution < 1.29 is 26.5 Å². The minimum absolute atomic E-state index is 0.133. The molecule has 32 heavy (non-hydrogen) atoms. The van der Waals surface area contributed by atoms with Gasteiger partial charge in [0, 0.05) is 12.2 Å². The van der Waals surface area contributed by atoms with E-state index in [1.54, 1.807) is 71.8 Å². The van der Waals surface area contributed by atoms with E-state index in [1.165, 1.54) is 6.92 Å². The number of urea groups is 1. The average molecular weight is 459 g/mol. The number of ether oxygens (including phenoxy) is 1. The van der Waals surface area contributed by atoms with E-state index >= 15 is 0 Å². The highest BCUT2D eigenvalue weighted by atomic mass is 32.2. The van der Waals surface area contributed by atoms with Gasteiger partial charge in [0.15, 0.2) is 0 Å². The van der Waals surface area contributed by atoms with E-state index in [2.05, 4.69) is 5.32 Å². The monoisotopic (exact) mass is 458 g/mol. The van der Waals surface area contributed by atoms with Crippen molar-refractivity contribution in [1.29, 1.82) is 0 Å². The Bertz CT molecular complexity index is 1110. The summed E-state index contributed by atoms with van der Waals surface area (Å²) < 4.78 is 39.5. The summed E-state index contributed by atoms with van der Waals surface area (Å²) in [6.07, 6.45) is 1.54. The molecule has 1 N–H and O–H groups in total. The predicted octanol–water partition coefficient (Wildman–Crippen LogP) is 4.64. The molecule has 2 aromatic carbocycles. The number of furan rings is 1. The maximum atomic E-state index is 13.0. The van der Waals surface area contributed by atoms with E-state index in [4.69, 9.17) is 13.3 Å². The quantitative estimate of drug-likeness (QED) is 0.445. The van der Waals surface area contributed by atoms with Crippen LogP contribution in [0.25, 0.3) is 0 Å². The highest BCUT2D eigenvalue weighted by molar-refractivity contribution is 7.87. The molecular weight excluding hydrogens is 432 g/mol. The summed E-state index contributed by atoms with van der Waals surface area (Å²) >= 11 is 0. The molecule has 0 spiro atoms. The maximum Gasteiger partial charge on any atom is 0.322 e. The summed E-state index contributed by atoms with van der Waals surface area (Å²) in [6.45, 7) is 4.42. The molecular formula is C23H26N2O6S. The van der Waals surface area contributed by atoms with E-state index in [9.17, 15) is 13.2 Å². The van der Waals surface area contributed by atoms with Gasteiger partial charge in [-0.3, -0.25) is 0 Å². The number of benzene rings is 2. The smallest absolute Gasteiger partial charge is 0.322 e. The molecule has 0 aliphatic rings. The number of amides is 2. The molecule has 0 aliphatic heterocycles. The van der Waals surface area contributed by atoms with Gasteiger partial charge < -0.3 is 23.6 Å². The molecule has 0 atom stereocenters. The minimum atomic E-state index is -3.64. The summed E-state index contributed by atoms with van der Waals surface area (Å²) in [7, 11) is -3.64. The van der Waals surface area contributed by atoms with Crippen LogP contribution in [0.2, 0.25) is 0 Å². The van der Waals surface area contributed by atoms with Crippen molar-refractivity contribution in [2.24, 2.45) is 0 Å². The number of rotatable bonds is 10. The number of carbonyl (C=O) groups excluding carboxylic acids is 1. The lowest BCUT2D eigenvalue weighted by Crippen LogP contribution is -2.34. The van der Waals surface area contributed by atoms with Crippen molar-refractivity contribution in [2.45, 2.75) is 26.9 Å². The summed E-state index contributed by atoms with van der Waals surface area (Å²) in [6, 6.07) is 16.9. The first-order valence-electron chi connectivity index (χ1n) is 10.2. The maximum absolute atomic E-state index is 13.0. The standard InChI is InChI=1S/C23H26N2O6S/c1-3-29-20-12-10-19(11-13-20)24-23(26)25(17-22-9-6-14-30-22)16-18-7-5-8-21(15-18)31-32(27,28)4-2/h5-15H,3-4,16-17H2,1-2H3,(H,24,26). The molecule has 0 saturated heterocycles. The lowest BCUT2D eigenvalue weighted by Gasteiger charge is -2.22. The molecule has 0 unspecified atom stereocenters. The van der Waals surface area contributed by atoms with Crippen LogP contribution in [0.5, 0.6) is 11.5 Å². The molecule has 0 radical (unpaired) electrons. The molecule has 0 saturated carbocycles. The van der Waals surface area contributed by atoms with Crippen LogP contribution < -0.4 is 14.2 Å². The SMILES string of the molecule is CCOc1ccc(NC(=O)N(Cc2cccc(OS(=O)(=O)CC)c2)Cc2ccco2)cc1. The molecule has 170 valence electrons. The second-order valence-corrected chi connectivity index (χ2v) is 8.76.